The number of nitrogens with one attached hydrogen (secondary N) is 1. The Bertz CT molecular complexity index is 515. The molecule has 2 unspecified atom stereocenters. The number of rotatable bonds is 3. The molecule has 3 heteroatoms. The van der Waals surface area contributed by atoms with E-state index in [4.69, 9.17) is 0 Å². The van der Waals surface area contributed by atoms with Crippen LogP contribution in [-0.2, 0) is 0 Å². The highest BCUT2D eigenvalue weighted by molar-refractivity contribution is 5.75. The molecule has 1 aliphatic rings. The first-order valence-corrected chi connectivity index (χ1v) is 7.05. The van der Waals surface area contributed by atoms with Gasteiger partial charge in [-0.2, -0.15) is 0 Å². The van der Waals surface area contributed by atoms with Crippen molar-refractivity contribution in [1.82, 2.24) is 14.9 Å². The molecule has 1 aliphatic carbocycles. The van der Waals surface area contributed by atoms with E-state index in [2.05, 4.69) is 46.1 Å². The molecule has 1 fully saturated rings. The Morgan fingerprint density at radius 3 is 3.00 bits per heavy atom. The quantitative estimate of drug-likeness (QED) is 0.897. The van der Waals surface area contributed by atoms with E-state index in [1.807, 2.05) is 6.33 Å². The SMILES string of the molecule is CCNC1CCCCC1n1cnc2ccccc21. The molecule has 1 aromatic heterocycles. The number of benzene rings is 1. The van der Waals surface area contributed by atoms with Gasteiger partial charge in [-0.3, -0.25) is 0 Å². The molecule has 1 N–H and O–H groups in total. The number of hydrogen-bond donors (Lipinski definition) is 1. The molecule has 1 aromatic carbocycles. The van der Waals surface area contributed by atoms with Crippen LogP contribution in [0.1, 0.15) is 38.6 Å². The van der Waals surface area contributed by atoms with Crippen molar-refractivity contribution in [2.24, 2.45) is 0 Å². The van der Waals surface area contributed by atoms with E-state index in [0.29, 0.717) is 12.1 Å². The largest absolute Gasteiger partial charge is 0.326 e. The predicted molar refractivity (Wildman–Crippen MR) is 74.7 cm³/mol. The molecule has 2 atom stereocenters. The molecule has 18 heavy (non-hydrogen) atoms. The zero-order chi connectivity index (χ0) is 12.4. The van der Waals surface area contributed by atoms with Crippen molar-refractivity contribution in [1.29, 1.82) is 0 Å². The molecular weight excluding hydrogens is 222 g/mol. The van der Waals surface area contributed by atoms with Crippen LogP contribution in [-0.4, -0.2) is 22.1 Å². The van der Waals surface area contributed by atoms with Crippen LogP contribution in [0.3, 0.4) is 0 Å². The maximum Gasteiger partial charge on any atom is 0.0961 e. The fourth-order valence-corrected chi connectivity index (χ4v) is 3.19. The van der Waals surface area contributed by atoms with E-state index in [0.717, 1.165) is 12.1 Å². The summed E-state index contributed by atoms with van der Waals surface area (Å²) in [5.74, 6) is 0. The van der Waals surface area contributed by atoms with Crippen molar-refractivity contribution in [3.8, 4) is 0 Å². The van der Waals surface area contributed by atoms with Crippen LogP contribution in [0.5, 0.6) is 0 Å². The van der Waals surface area contributed by atoms with E-state index < -0.39 is 0 Å². The lowest BCUT2D eigenvalue weighted by molar-refractivity contribution is 0.270. The summed E-state index contributed by atoms with van der Waals surface area (Å²) in [6, 6.07) is 9.59. The summed E-state index contributed by atoms with van der Waals surface area (Å²) in [5.41, 5.74) is 2.38. The highest BCUT2D eigenvalue weighted by Crippen LogP contribution is 2.31. The van der Waals surface area contributed by atoms with Crippen molar-refractivity contribution in [3.63, 3.8) is 0 Å². The van der Waals surface area contributed by atoms with Gasteiger partial charge in [-0.1, -0.05) is 31.9 Å². The molecule has 1 heterocycles. The van der Waals surface area contributed by atoms with Gasteiger partial charge >= 0.3 is 0 Å². The minimum atomic E-state index is 0.561. The Labute approximate surface area is 108 Å². The smallest absolute Gasteiger partial charge is 0.0961 e. The summed E-state index contributed by atoms with van der Waals surface area (Å²) < 4.78 is 2.38. The average molecular weight is 243 g/mol. The molecule has 0 bridgehead atoms. The maximum atomic E-state index is 4.52. The number of para-hydroxylation sites is 2. The minimum absolute atomic E-state index is 0.561. The summed E-state index contributed by atoms with van der Waals surface area (Å²) in [6.07, 6.45) is 7.24. The second-order valence-corrected chi connectivity index (χ2v) is 5.16. The molecule has 0 saturated heterocycles. The Kier molecular flexibility index (Phi) is 3.33. The van der Waals surface area contributed by atoms with Crippen molar-refractivity contribution >= 4 is 11.0 Å². The van der Waals surface area contributed by atoms with Gasteiger partial charge in [-0.25, -0.2) is 4.98 Å². The zero-order valence-corrected chi connectivity index (χ0v) is 11.0. The van der Waals surface area contributed by atoms with E-state index in [1.165, 1.54) is 31.2 Å². The highest BCUT2D eigenvalue weighted by Gasteiger charge is 2.26. The standard InChI is InChI=1S/C15H21N3/c1-2-16-12-7-3-5-9-14(12)18-11-17-13-8-4-6-10-15(13)18/h4,6,8,10-12,14,16H,2-3,5,7,9H2,1H3. The van der Waals surface area contributed by atoms with Crippen LogP contribution >= 0.6 is 0 Å². The Balaban J connectivity index is 1.96. The van der Waals surface area contributed by atoms with Crippen LogP contribution in [0.4, 0.5) is 0 Å². The van der Waals surface area contributed by atoms with Crippen LogP contribution < -0.4 is 5.32 Å². The lowest BCUT2D eigenvalue weighted by atomic mass is 9.90. The molecule has 0 amide bonds. The Morgan fingerprint density at radius 2 is 2.11 bits per heavy atom. The molecule has 96 valence electrons. The lowest BCUT2D eigenvalue weighted by Crippen LogP contribution is -2.39. The molecule has 0 spiro atoms. The second kappa shape index (κ2) is 5.11. The van der Waals surface area contributed by atoms with Crippen molar-refractivity contribution in [2.45, 2.75) is 44.7 Å². The van der Waals surface area contributed by atoms with Gasteiger partial charge in [0.1, 0.15) is 0 Å². The molecular formula is C15H21N3. The monoisotopic (exact) mass is 243 g/mol. The Morgan fingerprint density at radius 1 is 1.28 bits per heavy atom. The molecule has 3 nitrogen and oxygen atoms in total. The highest BCUT2D eigenvalue weighted by atomic mass is 15.1. The van der Waals surface area contributed by atoms with Gasteiger partial charge in [-0.05, 0) is 31.5 Å². The van der Waals surface area contributed by atoms with Gasteiger partial charge in [0.2, 0.25) is 0 Å². The van der Waals surface area contributed by atoms with Crippen LogP contribution in [0.2, 0.25) is 0 Å². The number of nitrogens with zero attached hydrogens (tertiary/aromatic N) is 2. The molecule has 3 rings (SSSR count). The van der Waals surface area contributed by atoms with Gasteiger partial charge < -0.3 is 9.88 Å². The summed E-state index contributed by atoms with van der Waals surface area (Å²) in [4.78, 5) is 4.52. The Hall–Kier alpha value is -1.35. The summed E-state index contributed by atoms with van der Waals surface area (Å²) in [5, 5.41) is 3.64. The minimum Gasteiger partial charge on any atom is -0.326 e. The van der Waals surface area contributed by atoms with Crippen molar-refractivity contribution < 1.29 is 0 Å². The first kappa shape index (κ1) is 11.7. The van der Waals surface area contributed by atoms with Crippen LogP contribution in [0.15, 0.2) is 30.6 Å². The van der Waals surface area contributed by atoms with E-state index in [9.17, 15) is 0 Å². The summed E-state index contributed by atoms with van der Waals surface area (Å²) in [7, 11) is 0. The van der Waals surface area contributed by atoms with Gasteiger partial charge in [-0.15, -0.1) is 0 Å². The second-order valence-electron chi connectivity index (χ2n) is 5.16. The first-order chi connectivity index (χ1) is 8.90. The maximum absolute atomic E-state index is 4.52. The predicted octanol–water partition coefficient (Wildman–Crippen LogP) is 3.13. The molecule has 0 aliphatic heterocycles. The summed E-state index contributed by atoms with van der Waals surface area (Å²) >= 11 is 0. The topological polar surface area (TPSA) is 29.9 Å². The van der Waals surface area contributed by atoms with Gasteiger partial charge in [0.05, 0.1) is 23.4 Å². The van der Waals surface area contributed by atoms with Crippen molar-refractivity contribution in [3.05, 3.63) is 30.6 Å². The third-order valence-electron chi connectivity index (χ3n) is 4.03. The molecule has 1 saturated carbocycles. The molecule has 2 aromatic rings. The lowest BCUT2D eigenvalue weighted by Gasteiger charge is -2.33. The molecule has 0 radical (unpaired) electrons. The van der Waals surface area contributed by atoms with Gasteiger partial charge in [0, 0.05) is 6.04 Å². The van der Waals surface area contributed by atoms with E-state index in [1.54, 1.807) is 0 Å². The first-order valence-electron chi connectivity index (χ1n) is 7.05. The number of imidazole rings is 1. The average Bonchev–Trinajstić information content (AvgIpc) is 2.84. The number of hydrogen-bond acceptors (Lipinski definition) is 2. The number of likely N-dealkylation sites (N-methyl/N-ethyl adjacent to an activating group) is 1. The number of aromatic nitrogens is 2. The summed E-state index contributed by atoms with van der Waals surface area (Å²) in [6.45, 7) is 3.24. The fraction of sp³-hybridized carbons (Fsp3) is 0.533. The normalized spacial score (nSPS) is 24.5. The van der Waals surface area contributed by atoms with Crippen molar-refractivity contribution in [2.75, 3.05) is 6.54 Å². The van der Waals surface area contributed by atoms with Crippen LogP contribution in [0, 0.1) is 0 Å². The number of fused-ring (bicyclic) bond motifs is 1. The van der Waals surface area contributed by atoms with Gasteiger partial charge in [0.25, 0.3) is 0 Å². The van der Waals surface area contributed by atoms with Crippen LogP contribution in [0.25, 0.3) is 11.0 Å². The van der Waals surface area contributed by atoms with E-state index in [-0.39, 0.29) is 0 Å². The van der Waals surface area contributed by atoms with Gasteiger partial charge in [0.15, 0.2) is 0 Å². The zero-order valence-electron chi connectivity index (χ0n) is 11.0. The third kappa shape index (κ3) is 2.03. The van der Waals surface area contributed by atoms with E-state index >= 15 is 0 Å². The fourth-order valence-electron chi connectivity index (χ4n) is 3.19. The third-order valence-corrected chi connectivity index (χ3v) is 4.03.